The SMILES string of the molecule is Cn1ncc2c1NC(=O)C[C@@H]2c1ccccc1OCc1ccccn1. The van der Waals surface area contributed by atoms with E-state index in [9.17, 15) is 4.79 Å². The molecule has 3 aromatic rings. The number of carbonyl (C=O) groups is 1. The van der Waals surface area contributed by atoms with E-state index in [1.54, 1.807) is 10.9 Å². The molecule has 1 aromatic carbocycles. The molecule has 0 bridgehead atoms. The topological polar surface area (TPSA) is 69.0 Å². The number of pyridine rings is 1. The molecule has 4 rings (SSSR count). The average molecular weight is 334 g/mol. The second-order valence-corrected chi connectivity index (χ2v) is 6.02. The average Bonchev–Trinajstić information content (AvgIpc) is 3.01. The zero-order valence-electron chi connectivity index (χ0n) is 13.8. The largest absolute Gasteiger partial charge is 0.487 e. The van der Waals surface area contributed by atoms with Gasteiger partial charge in [-0.3, -0.25) is 14.5 Å². The van der Waals surface area contributed by atoms with Crippen LogP contribution in [0.15, 0.2) is 54.9 Å². The van der Waals surface area contributed by atoms with Crippen LogP contribution in [0.1, 0.15) is 29.2 Å². The first-order valence-corrected chi connectivity index (χ1v) is 8.16. The number of nitrogens with zero attached hydrogens (tertiary/aromatic N) is 3. The molecule has 6 heteroatoms. The van der Waals surface area contributed by atoms with Crippen molar-refractivity contribution in [1.82, 2.24) is 14.8 Å². The second kappa shape index (κ2) is 6.39. The third-order valence-electron chi connectivity index (χ3n) is 4.39. The Bertz CT molecular complexity index is 905. The Morgan fingerprint density at radius 1 is 1.20 bits per heavy atom. The van der Waals surface area contributed by atoms with Gasteiger partial charge in [0, 0.05) is 36.7 Å². The summed E-state index contributed by atoms with van der Waals surface area (Å²) >= 11 is 0. The predicted molar refractivity (Wildman–Crippen MR) is 93.3 cm³/mol. The third-order valence-corrected chi connectivity index (χ3v) is 4.39. The van der Waals surface area contributed by atoms with Crippen molar-refractivity contribution in [1.29, 1.82) is 0 Å². The highest BCUT2D eigenvalue weighted by Gasteiger charge is 2.31. The molecule has 1 aliphatic heterocycles. The Morgan fingerprint density at radius 2 is 2.04 bits per heavy atom. The molecule has 0 spiro atoms. The third kappa shape index (κ3) is 2.98. The van der Waals surface area contributed by atoms with Crippen LogP contribution in [0.3, 0.4) is 0 Å². The Morgan fingerprint density at radius 3 is 2.88 bits per heavy atom. The Balaban J connectivity index is 1.66. The molecule has 0 radical (unpaired) electrons. The lowest BCUT2D eigenvalue weighted by molar-refractivity contribution is -0.116. The van der Waals surface area contributed by atoms with E-state index in [-0.39, 0.29) is 11.8 Å². The number of ether oxygens (including phenoxy) is 1. The van der Waals surface area contributed by atoms with E-state index >= 15 is 0 Å². The molecule has 0 saturated carbocycles. The zero-order chi connectivity index (χ0) is 17.2. The number of aromatic nitrogens is 3. The number of benzene rings is 1. The summed E-state index contributed by atoms with van der Waals surface area (Å²) < 4.78 is 7.70. The summed E-state index contributed by atoms with van der Waals surface area (Å²) in [5, 5.41) is 7.18. The van der Waals surface area contributed by atoms with Gasteiger partial charge in [-0.05, 0) is 18.2 Å². The van der Waals surface area contributed by atoms with Crippen molar-refractivity contribution < 1.29 is 9.53 Å². The van der Waals surface area contributed by atoms with E-state index in [4.69, 9.17) is 4.74 Å². The van der Waals surface area contributed by atoms with Gasteiger partial charge in [-0.25, -0.2) is 0 Å². The minimum absolute atomic E-state index is 0.0133. The van der Waals surface area contributed by atoms with Crippen LogP contribution in [-0.4, -0.2) is 20.7 Å². The highest BCUT2D eigenvalue weighted by Crippen LogP contribution is 2.40. The molecule has 1 N–H and O–H groups in total. The number of hydrogen-bond acceptors (Lipinski definition) is 4. The Hall–Kier alpha value is -3.15. The fourth-order valence-corrected chi connectivity index (χ4v) is 3.15. The summed E-state index contributed by atoms with van der Waals surface area (Å²) in [6, 6.07) is 13.6. The predicted octanol–water partition coefficient (Wildman–Crippen LogP) is 2.87. The number of hydrogen-bond donors (Lipinski definition) is 1. The van der Waals surface area contributed by atoms with Gasteiger partial charge in [0.15, 0.2) is 0 Å². The van der Waals surface area contributed by atoms with Gasteiger partial charge in [-0.15, -0.1) is 0 Å². The number of fused-ring (bicyclic) bond motifs is 1. The lowest BCUT2D eigenvalue weighted by Crippen LogP contribution is -2.24. The van der Waals surface area contributed by atoms with Crippen molar-refractivity contribution in [2.24, 2.45) is 7.05 Å². The zero-order valence-corrected chi connectivity index (χ0v) is 13.8. The number of carbonyl (C=O) groups excluding carboxylic acids is 1. The van der Waals surface area contributed by atoms with Crippen molar-refractivity contribution in [3.8, 4) is 5.75 Å². The molecule has 0 fully saturated rings. The highest BCUT2D eigenvalue weighted by molar-refractivity contribution is 5.94. The molecule has 1 aliphatic rings. The van der Waals surface area contributed by atoms with Crippen LogP contribution in [0.5, 0.6) is 5.75 Å². The first kappa shape index (κ1) is 15.4. The summed E-state index contributed by atoms with van der Waals surface area (Å²) in [5.41, 5.74) is 2.86. The normalized spacial score (nSPS) is 16.2. The van der Waals surface area contributed by atoms with E-state index < -0.39 is 0 Å². The van der Waals surface area contributed by atoms with Crippen LogP contribution in [0.2, 0.25) is 0 Å². The molecule has 0 aliphatic carbocycles. The van der Waals surface area contributed by atoms with Gasteiger partial charge >= 0.3 is 0 Å². The molecule has 1 amide bonds. The molecule has 1 atom stereocenters. The van der Waals surface area contributed by atoms with Gasteiger partial charge in [0.1, 0.15) is 18.2 Å². The molecule has 0 saturated heterocycles. The monoisotopic (exact) mass is 334 g/mol. The van der Waals surface area contributed by atoms with Crippen LogP contribution in [0.25, 0.3) is 0 Å². The quantitative estimate of drug-likeness (QED) is 0.796. The van der Waals surface area contributed by atoms with Crippen molar-refractivity contribution in [3.63, 3.8) is 0 Å². The molecule has 0 unspecified atom stereocenters. The van der Waals surface area contributed by atoms with Gasteiger partial charge in [0.2, 0.25) is 5.91 Å². The van der Waals surface area contributed by atoms with Gasteiger partial charge in [-0.2, -0.15) is 5.10 Å². The maximum Gasteiger partial charge on any atom is 0.226 e. The number of nitrogens with one attached hydrogen (secondary N) is 1. The van der Waals surface area contributed by atoms with Gasteiger partial charge in [-0.1, -0.05) is 24.3 Å². The van der Waals surface area contributed by atoms with E-state index in [0.29, 0.717) is 13.0 Å². The lowest BCUT2D eigenvalue weighted by atomic mass is 9.87. The summed E-state index contributed by atoms with van der Waals surface area (Å²) in [6.45, 7) is 0.386. The Kier molecular flexibility index (Phi) is 3.93. The lowest BCUT2D eigenvalue weighted by Gasteiger charge is -2.25. The highest BCUT2D eigenvalue weighted by atomic mass is 16.5. The maximum absolute atomic E-state index is 12.1. The molecule has 25 heavy (non-hydrogen) atoms. The molecular formula is C19H18N4O2. The van der Waals surface area contributed by atoms with E-state index in [0.717, 1.165) is 28.4 Å². The summed E-state index contributed by atoms with van der Waals surface area (Å²) in [7, 11) is 1.82. The second-order valence-electron chi connectivity index (χ2n) is 6.02. The van der Waals surface area contributed by atoms with E-state index in [2.05, 4.69) is 15.4 Å². The van der Waals surface area contributed by atoms with E-state index in [1.807, 2.05) is 55.7 Å². The number of amides is 1. The summed E-state index contributed by atoms with van der Waals surface area (Å²) in [5.74, 6) is 1.43. The van der Waals surface area contributed by atoms with Crippen LogP contribution in [0.4, 0.5) is 5.82 Å². The van der Waals surface area contributed by atoms with Crippen molar-refractivity contribution in [3.05, 3.63) is 71.7 Å². The number of aryl methyl sites for hydroxylation is 1. The van der Waals surface area contributed by atoms with Crippen LogP contribution in [-0.2, 0) is 18.4 Å². The molecular weight excluding hydrogens is 316 g/mol. The molecule has 2 aromatic heterocycles. The minimum atomic E-state index is -0.0719. The molecule has 126 valence electrons. The van der Waals surface area contributed by atoms with Crippen molar-refractivity contribution >= 4 is 11.7 Å². The fourth-order valence-electron chi connectivity index (χ4n) is 3.15. The first-order valence-electron chi connectivity index (χ1n) is 8.16. The van der Waals surface area contributed by atoms with Crippen LogP contribution >= 0.6 is 0 Å². The number of anilines is 1. The smallest absolute Gasteiger partial charge is 0.226 e. The van der Waals surface area contributed by atoms with Gasteiger partial charge in [0.25, 0.3) is 0 Å². The van der Waals surface area contributed by atoms with E-state index in [1.165, 1.54) is 0 Å². The summed E-state index contributed by atoms with van der Waals surface area (Å²) in [4.78, 5) is 16.4. The van der Waals surface area contributed by atoms with Crippen molar-refractivity contribution in [2.75, 3.05) is 5.32 Å². The van der Waals surface area contributed by atoms with Crippen LogP contribution < -0.4 is 10.1 Å². The molecule has 6 nitrogen and oxygen atoms in total. The number of para-hydroxylation sites is 1. The fraction of sp³-hybridized carbons (Fsp3) is 0.211. The Labute approximate surface area is 145 Å². The first-order chi connectivity index (χ1) is 12.2. The summed E-state index contributed by atoms with van der Waals surface area (Å²) in [6.07, 6.45) is 3.94. The standard InChI is InChI=1S/C19H18N4O2/c1-23-19-16(11-21-23)15(10-18(24)22-19)14-7-2-3-8-17(14)25-12-13-6-4-5-9-20-13/h2-9,11,15H,10,12H2,1H3,(H,22,24)/t15-/m1/s1. The molecule has 3 heterocycles. The maximum atomic E-state index is 12.1. The van der Waals surface area contributed by atoms with Gasteiger partial charge in [0.05, 0.1) is 11.9 Å². The van der Waals surface area contributed by atoms with Crippen molar-refractivity contribution in [2.45, 2.75) is 18.9 Å². The van der Waals surface area contributed by atoms with Gasteiger partial charge < -0.3 is 10.1 Å². The minimum Gasteiger partial charge on any atom is -0.487 e. The van der Waals surface area contributed by atoms with Crippen LogP contribution in [0, 0.1) is 0 Å². The number of rotatable bonds is 4.